The van der Waals surface area contributed by atoms with E-state index in [0.29, 0.717) is 12.0 Å². The van der Waals surface area contributed by atoms with Crippen LogP contribution < -0.4 is 5.73 Å². The predicted molar refractivity (Wildman–Crippen MR) is 124 cm³/mol. The maximum Gasteiger partial charge on any atom is 0.101 e. The molecule has 1 saturated heterocycles. The van der Waals surface area contributed by atoms with Gasteiger partial charge in [-0.15, -0.1) is 0 Å². The number of nitrogens with two attached hydrogens (primary N) is 1. The van der Waals surface area contributed by atoms with Gasteiger partial charge < -0.3 is 19.7 Å². The van der Waals surface area contributed by atoms with Crippen molar-refractivity contribution in [3.63, 3.8) is 0 Å². The lowest BCUT2D eigenvalue weighted by Crippen LogP contribution is -2.60. The lowest BCUT2D eigenvalue weighted by molar-refractivity contribution is -0.941. The number of hydrogen-bond acceptors (Lipinski definition) is 3. The summed E-state index contributed by atoms with van der Waals surface area (Å²) in [5.41, 5.74) is 7.72. The number of hydrogen-bond donors (Lipinski definition) is 1. The summed E-state index contributed by atoms with van der Waals surface area (Å²) in [5, 5.41) is 0. The first-order chi connectivity index (χ1) is 14.7. The number of quaternary nitrogens is 1. The Labute approximate surface area is 184 Å². The molecule has 2 fully saturated rings. The van der Waals surface area contributed by atoms with Gasteiger partial charge >= 0.3 is 0 Å². The molecule has 4 heteroatoms. The van der Waals surface area contributed by atoms with Gasteiger partial charge in [-0.2, -0.15) is 0 Å². The first kappa shape index (κ1) is 23.7. The van der Waals surface area contributed by atoms with Gasteiger partial charge in [0, 0.05) is 39.2 Å². The van der Waals surface area contributed by atoms with Crippen LogP contribution in [0.25, 0.3) is 0 Å². The van der Waals surface area contributed by atoms with Crippen LogP contribution in [-0.4, -0.2) is 57.5 Å². The smallest absolute Gasteiger partial charge is 0.101 e. The van der Waals surface area contributed by atoms with Crippen molar-refractivity contribution < 1.29 is 14.0 Å². The molecule has 170 valence electrons. The van der Waals surface area contributed by atoms with Gasteiger partial charge in [0.2, 0.25) is 0 Å². The van der Waals surface area contributed by atoms with Gasteiger partial charge in [-0.05, 0) is 30.7 Å². The average Bonchev–Trinajstić information content (AvgIpc) is 2.78. The number of piperidine rings is 1. The Balaban J connectivity index is 1.69. The Morgan fingerprint density at radius 3 is 2.50 bits per heavy atom. The van der Waals surface area contributed by atoms with Gasteiger partial charge in [-0.3, -0.25) is 0 Å². The highest BCUT2D eigenvalue weighted by atomic mass is 16.5. The molecular weight excluding hydrogens is 372 g/mol. The van der Waals surface area contributed by atoms with Crippen LogP contribution in [0.1, 0.15) is 69.5 Å². The molecule has 0 radical (unpaired) electrons. The summed E-state index contributed by atoms with van der Waals surface area (Å²) in [4.78, 5) is 0. The molecule has 4 atom stereocenters. The van der Waals surface area contributed by atoms with E-state index in [4.69, 9.17) is 15.2 Å². The maximum atomic E-state index is 6.51. The first-order valence-electron chi connectivity index (χ1n) is 12.4. The lowest BCUT2D eigenvalue weighted by atomic mass is 9.82. The third-order valence-electron chi connectivity index (χ3n) is 7.73. The van der Waals surface area contributed by atoms with E-state index in [2.05, 4.69) is 37.4 Å². The van der Waals surface area contributed by atoms with Gasteiger partial charge in [0.1, 0.15) is 6.04 Å². The second kappa shape index (κ2) is 12.2. The van der Waals surface area contributed by atoms with E-state index in [-0.39, 0.29) is 6.10 Å². The van der Waals surface area contributed by atoms with Crippen LogP contribution >= 0.6 is 0 Å². The quantitative estimate of drug-likeness (QED) is 0.410. The van der Waals surface area contributed by atoms with Crippen molar-refractivity contribution in [2.75, 3.05) is 47.0 Å². The van der Waals surface area contributed by atoms with Crippen molar-refractivity contribution in [2.24, 2.45) is 17.6 Å². The molecule has 2 aliphatic rings. The molecular formula is C26H45N2O2+. The number of likely N-dealkylation sites (tertiary alicyclic amines) is 1. The largest absolute Gasteiger partial charge is 0.385 e. The zero-order chi connectivity index (χ0) is 21.2. The standard InChI is InChI=1S/C26H45N2O2/c1-28(25(20-27)19-22-11-5-3-6-12-22)16-9-15-24(21-28)26(30-18-10-17-29-2)23-13-7-4-8-14-23/h4,7-8,13-14,22,24-26H,3,5-6,9-12,15-21,27H2,1-2H3/q+1. The van der Waals surface area contributed by atoms with Crippen LogP contribution in [0.3, 0.4) is 0 Å². The second-order valence-electron chi connectivity index (χ2n) is 9.97. The predicted octanol–water partition coefficient (Wildman–Crippen LogP) is 4.94. The SMILES string of the molecule is COCCCOC(c1ccccc1)C1CCC[N+](C)(C(CN)CC2CCCCC2)C1. The number of methoxy groups -OCH3 is 1. The number of ether oxygens (including phenoxy) is 2. The molecule has 1 aliphatic carbocycles. The average molecular weight is 418 g/mol. The van der Waals surface area contributed by atoms with Crippen LogP contribution in [0.4, 0.5) is 0 Å². The summed E-state index contributed by atoms with van der Waals surface area (Å²) in [5.74, 6) is 1.44. The molecule has 0 aromatic heterocycles. The van der Waals surface area contributed by atoms with Crippen molar-refractivity contribution in [2.45, 2.75) is 69.9 Å². The Morgan fingerprint density at radius 2 is 1.80 bits per heavy atom. The summed E-state index contributed by atoms with van der Waals surface area (Å²) in [6, 6.07) is 11.4. The molecule has 1 heterocycles. The van der Waals surface area contributed by atoms with Crippen LogP contribution in [0.15, 0.2) is 30.3 Å². The van der Waals surface area contributed by atoms with Gasteiger partial charge in [0.05, 0.1) is 26.2 Å². The number of rotatable bonds is 11. The third-order valence-corrected chi connectivity index (χ3v) is 7.73. The fraction of sp³-hybridized carbons (Fsp3) is 0.769. The molecule has 1 aromatic rings. The highest BCUT2D eigenvalue weighted by molar-refractivity contribution is 5.18. The normalized spacial score (nSPS) is 27.6. The van der Waals surface area contributed by atoms with E-state index in [1.807, 2.05) is 0 Å². The molecule has 1 saturated carbocycles. The van der Waals surface area contributed by atoms with Crippen molar-refractivity contribution in [1.29, 1.82) is 0 Å². The van der Waals surface area contributed by atoms with E-state index in [1.54, 1.807) is 7.11 Å². The Bertz CT molecular complexity index is 590. The van der Waals surface area contributed by atoms with Crippen LogP contribution in [-0.2, 0) is 9.47 Å². The molecule has 0 amide bonds. The fourth-order valence-electron chi connectivity index (χ4n) is 5.99. The van der Waals surface area contributed by atoms with Crippen molar-refractivity contribution in [3.05, 3.63) is 35.9 Å². The highest BCUT2D eigenvalue weighted by Gasteiger charge is 2.41. The van der Waals surface area contributed by atoms with E-state index < -0.39 is 0 Å². The Kier molecular flexibility index (Phi) is 9.64. The summed E-state index contributed by atoms with van der Waals surface area (Å²) in [7, 11) is 4.23. The van der Waals surface area contributed by atoms with Gasteiger partial charge in [-0.1, -0.05) is 62.4 Å². The zero-order valence-electron chi connectivity index (χ0n) is 19.4. The molecule has 1 aromatic carbocycles. The van der Waals surface area contributed by atoms with E-state index in [1.165, 1.54) is 70.0 Å². The summed E-state index contributed by atoms with van der Waals surface area (Å²) < 4.78 is 12.9. The number of likely N-dealkylation sites (N-methyl/N-ethyl adjacent to an activating group) is 1. The molecule has 4 unspecified atom stereocenters. The first-order valence-corrected chi connectivity index (χ1v) is 12.4. The van der Waals surface area contributed by atoms with Gasteiger partial charge in [0.25, 0.3) is 0 Å². The summed E-state index contributed by atoms with van der Waals surface area (Å²) >= 11 is 0. The van der Waals surface area contributed by atoms with Crippen molar-refractivity contribution in [1.82, 2.24) is 0 Å². The molecule has 0 bridgehead atoms. The molecule has 0 spiro atoms. The molecule has 4 nitrogen and oxygen atoms in total. The monoisotopic (exact) mass is 417 g/mol. The molecule has 1 aliphatic heterocycles. The Morgan fingerprint density at radius 1 is 1.03 bits per heavy atom. The molecule has 3 rings (SSSR count). The van der Waals surface area contributed by atoms with Crippen LogP contribution in [0.2, 0.25) is 0 Å². The molecule has 30 heavy (non-hydrogen) atoms. The molecule has 2 N–H and O–H groups in total. The van der Waals surface area contributed by atoms with E-state index >= 15 is 0 Å². The summed E-state index contributed by atoms with van der Waals surface area (Å²) in [6.07, 6.45) is 12.0. The minimum Gasteiger partial charge on any atom is -0.385 e. The maximum absolute atomic E-state index is 6.51. The fourth-order valence-corrected chi connectivity index (χ4v) is 5.99. The minimum absolute atomic E-state index is 0.175. The summed E-state index contributed by atoms with van der Waals surface area (Å²) in [6.45, 7) is 4.77. The van der Waals surface area contributed by atoms with Gasteiger partial charge in [-0.25, -0.2) is 0 Å². The zero-order valence-corrected chi connectivity index (χ0v) is 19.4. The van der Waals surface area contributed by atoms with E-state index in [0.717, 1.165) is 36.6 Å². The number of benzene rings is 1. The van der Waals surface area contributed by atoms with E-state index in [9.17, 15) is 0 Å². The lowest BCUT2D eigenvalue weighted by Gasteiger charge is -2.49. The second-order valence-corrected chi connectivity index (χ2v) is 9.97. The number of nitrogens with zero attached hydrogens (tertiary/aromatic N) is 1. The van der Waals surface area contributed by atoms with Crippen LogP contribution in [0, 0.1) is 11.8 Å². The minimum atomic E-state index is 0.175. The Hall–Kier alpha value is -0.940. The topological polar surface area (TPSA) is 44.5 Å². The van der Waals surface area contributed by atoms with Crippen LogP contribution in [0.5, 0.6) is 0 Å². The van der Waals surface area contributed by atoms with Crippen molar-refractivity contribution >= 4 is 0 Å². The highest BCUT2D eigenvalue weighted by Crippen LogP contribution is 2.38. The van der Waals surface area contributed by atoms with Crippen molar-refractivity contribution in [3.8, 4) is 0 Å². The van der Waals surface area contributed by atoms with Gasteiger partial charge in [0.15, 0.2) is 0 Å². The third kappa shape index (κ3) is 6.53.